The number of carbonyl (C=O) groups excluding carboxylic acids is 1. The minimum absolute atomic E-state index is 0.0273. The third-order valence-electron chi connectivity index (χ3n) is 7.16. The zero-order valence-electron chi connectivity index (χ0n) is 24.2. The normalized spacial score (nSPS) is 19.7. The second kappa shape index (κ2) is 13.7. The summed E-state index contributed by atoms with van der Waals surface area (Å²) >= 11 is 0. The highest BCUT2D eigenvalue weighted by Gasteiger charge is 2.34. The molecule has 11 heteroatoms. The number of aromatic nitrogens is 2. The lowest BCUT2D eigenvalue weighted by Gasteiger charge is -2.24. The van der Waals surface area contributed by atoms with Crippen molar-refractivity contribution in [2.45, 2.75) is 58.3 Å². The number of hydrogen-bond donors (Lipinski definition) is 3. The van der Waals surface area contributed by atoms with Gasteiger partial charge in [-0.2, -0.15) is 18.3 Å². The molecular weight excluding hydrogens is 531 g/mol. The second-order valence-electron chi connectivity index (χ2n) is 10.4. The number of likely N-dealkylation sites (N-methyl/N-ethyl adjacent to an activating group) is 1. The van der Waals surface area contributed by atoms with Crippen LogP contribution in [0.4, 0.5) is 13.2 Å². The maximum absolute atomic E-state index is 13.7. The lowest BCUT2D eigenvalue weighted by atomic mass is 10.1. The SMILES string of the molecule is CCCCN(C)C1C=CC(NC(=O)CC2=CC=C(C)C(N(N)/C=C(\N)c3cnn(C)c3C)C=C2)=CC(C(F)(F)F)=C1. The zero-order valence-corrected chi connectivity index (χ0v) is 24.2. The van der Waals surface area contributed by atoms with Crippen molar-refractivity contribution >= 4 is 11.6 Å². The van der Waals surface area contributed by atoms with E-state index < -0.39 is 23.7 Å². The first-order chi connectivity index (χ1) is 19.3. The first-order valence-electron chi connectivity index (χ1n) is 13.5. The number of unbranched alkanes of at least 4 members (excludes halogenated alkanes) is 1. The molecule has 41 heavy (non-hydrogen) atoms. The molecule has 0 saturated carbocycles. The molecule has 1 heterocycles. The molecule has 0 aromatic carbocycles. The highest BCUT2D eigenvalue weighted by molar-refractivity contribution is 5.81. The first kappa shape index (κ1) is 31.7. The van der Waals surface area contributed by atoms with E-state index >= 15 is 0 Å². The Morgan fingerprint density at radius 3 is 2.59 bits per heavy atom. The van der Waals surface area contributed by atoms with Crippen molar-refractivity contribution in [1.29, 1.82) is 0 Å². The van der Waals surface area contributed by atoms with Crippen molar-refractivity contribution in [2.24, 2.45) is 18.6 Å². The standard InChI is InChI=1S/C30H40F3N7O/c1-6-7-14-38(4)25-12-11-24(16-23(17-25)30(31,32)33)37-29(41)15-22-9-8-20(2)28(13-10-22)40(35)19-27(34)26-18-36-39(5)21(26)3/h8-13,16-19,25,28H,6-7,14-15,34-35H2,1-5H3,(H,37,41)/b27-19-. The molecule has 8 nitrogen and oxygen atoms in total. The summed E-state index contributed by atoms with van der Waals surface area (Å²) in [5, 5.41) is 8.33. The van der Waals surface area contributed by atoms with Gasteiger partial charge in [-0.1, -0.05) is 49.8 Å². The highest BCUT2D eigenvalue weighted by atomic mass is 19.4. The van der Waals surface area contributed by atoms with Gasteiger partial charge in [0, 0.05) is 36.2 Å². The van der Waals surface area contributed by atoms with E-state index in [-0.39, 0.29) is 18.2 Å². The number of amides is 1. The summed E-state index contributed by atoms with van der Waals surface area (Å²) in [7, 11) is 3.62. The van der Waals surface area contributed by atoms with E-state index in [1.54, 1.807) is 42.4 Å². The molecule has 2 aliphatic rings. The fourth-order valence-electron chi connectivity index (χ4n) is 4.49. The Balaban J connectivity index is 1.69. The molecule has 3 rings (SSSR count). The number of nitrogens with zero attached hydrogens (tertiary/aromatic N) is 4. The molecule has 2 atom stereocenters. The second-order valence-corrected chi connectivity index (χ2v) is 10.4. The van der Waals surface area contributed by atoms with Gasteiger partial charge in [0.25, 0.3) is 0 Å². The number of carbonyl (C=O) groups is 1. The Morgan fingerprint density at radius 1 is 1.22 bits per heavy atom. The van der Waals surface area contributed by atoms with E-state index in [0.717, 1.165) is 35.7 Å². The van der Waals surface area contributed by atoms with Crippen LogP contribution in [0.15, 0.2) is 83.4 Å². The Bertz CT molecular complexity index is 1330. The largest absolute Gasteiger partial charge is 0.416 e. The molecule has 0 fully saturated rings. The van der Waals surface area contributed by atoms with E-state index in [1.807, 2.05) is 44.9 Å². The number of aryl methyl sites for hydroxylation is 1. The van der Waals surface area contributed by atoms with Crippen LogP contribution in [0.3, 0.4) is 0 Å². The van der Waals surface area contributed by atoms with E-state index in [0.29, 0.717) is 17.8 Å². The minimum atomic E-state index is -4.54. The van der Waals surface area contributed by atoms with Crippen LogP contribution in [0.2, 0.25) is 0 Å². The summed E-state index contributed by atoms with van der Waals surface area (Å²) in [6, 6.07) is -0.860. The highest BCUT2D eigenvalue weighted by Crippen LogP contribution is 2.30. The predicted molar refractivity (Wildman–Crippen MR) is 156 cm³/mol. The number of rotatable bonds is 10. The van der Waals surface area contributed by atoms with E-state index in [1.165, 1.54) is 17.2 Å². The molecule has 1 aromatic heterocycles. The van der Waals surface area contributed by atoms with Crippen LogP contribution in [-0.2, 0) is 11.8 Å². The molecule has 5 N–H and O–H groups in total. The van der Waals surface area contributed by atoms with Gasteiger partial charge in [0.2, 0.25) is 5.91 Å². The summed E-state index contributed by atoms with van der Waals surface area (Å²) < 4.78 is 43.0. The van der Waals surface area contributed by atoms with Gasteiger partial charge in [-0.3, -0.25) is 14.4 Å². The fraction of sp³-hybridized carbons (Fsp3) is 0.400. The van der Waals surface area contributed by atoms with Crippen LogP contribution in [0.1, 0.15) is 44.4 Å². The molecule has 1 amide bonds. The van der Waals surface area contributed by atoms with Crippen molar-refractivity contribution in [1.82, 2.24) is 25.0 Å². The molecule has 1 aromatic rings. The zero-order chi connectivity index (χ0) is 30.3. The first-order valence-corrected chi connectivity index (χ1v) is 13.5. The minimum Gasteiger partial charge on any atom is -0.397 e. The Hall–Kier alpha value is -3.83. The Kier molecular flexibility index (Phi) is 10.6. The van der Waals surface area contributed by atoms with Gasteiger partial charge in [0.05, 0.1) is 29.9 Å². The maximum atomic E-state index is 13.7. The van der Waals surface area contributed by atoms with Crippen LogP contribution >= 0.6 is 0 Å². The van der Waals surface area contributed by atoms with Gasteiger partial charge in [0.15, 0.2) is 0 Å². The van der Waals surface area contributed by atoms with Crippen LogP contribution in [0.5, 0.6) is 0 Å². The summed E-state index contributed by atoms with van der Waals surface area (Å²) in [5.41, 5.74) is 9.31. The van der Waals surface area contributed by atoms with E-state index in [4.69, 9.17) is 11.6 Å². The third-order valence-corrected chi connectivity index (χ3v) is 7.16. The van der Waals surface area contributed by atoms with Gasteiger partial charge in [-0.25, -0.2) is 5.84 Å². The quantitative estimate of drug-likeness (QED) is 0.282. The van der Waals surface area contributed by atoms with Crippen molar-refractivity contribution in [3.63, 3.8) is 0 Å². The van der Waals surface area contributed by atoms with Crippen molar-refractivity contribution in [3.8, 4) is 0 Å². The number of nitrogens with two attached hydrogens (primary N) is 2. The van der Waals surface area contributed by atoms with Gasteiger partial charge < -0.3 is 16.1 Å². The predicted octanol–water partition coefficient (Wildman–Crippen LogP) is 4.52. The lowest BCUT2D eigenvalue weighted by molar-refractivity contribution is -0.119. The van der Waals surface area contributed by atoms with Crippen LogP contribution in [0, 0.1) is 6.92 Å². The van der Waals surface area contributed by atoms with Crippen LogP contribution in [0.25, 0.3) is 5.70 Å². The third kappa shape index (κ3) is 8.58. The fourth-order valence-corrected chi connectivity index (χ4v) is 4.49. The molecule has 0 radical (unpaired) electrons. The van der Waals surface area contributed by atoms with Gasteiger partial charge in [-0.15, -0.1) is 0 Å². The molecule has 0 aliphatic heterocycles. The maximum Gasteiger partial charge on any atom is 0.416 e. The summed E-state index contributed by atoms with van der Waals surface area (Å²) in [6.45, 7) is 6.51. The lowest BCUT2D eigenvalue weighted by Crippen LogP contribution is -2.36. The Morgan fingerprint density at radius 2 is 1.95 bits per heavy atom. The Labute approximate surface area is 239 Å². The van der Waals surface area contributed by atoms with Gasteiger partial charge in [0.1, 0.15) is 0 Å². The van der Waals surface area contributed by atoms with Crippen LogP contribution in [-0.4, -0.2) is 57.4 Å². The summed E-state index contributed by atoms with van der Waals surface area (Å²) in [4.78, 5) is 14.7. The molecule has 2 unspecified atom stereocenters. The topological polar surface area (TPSA) is 105 Å². The number of hydrogen-bond acceptors (Lipinski definition) is 6. The van der Waals surface area contributed by atoms with Crippen molar-refractivity contribution in [3.05, 3.63) is 94.7 Å². The number of hydrazine groups is 1. The number of allylic oxidation sites excluding steroid dienone is 6. The smallest absolute Gasteiger partial charge is 0.397 e. The molecular formula is C30H40F3N7O. The average Bonchev–Trinajstić information content (AvgIpc) is 3.04. The number of nitrogens with one attached hydrogen (secondary N) is 1. The molecule has 0 bridgehead atoms. The van der Waals surface area contributed by atoms with Gasteiger partial charge >= 0.3 is 6.18 Å². The summed E-state index contributed by atoms with van der Waals surface area (Å²) in [5.74, 6) is 5.91. The van der Waals surface area contributed by atoms with Gasteiger partial charge in [-0.05, 0) is 57.2 Å². The van der Waals surface area contributed by atoms with Crippen molar-refractivity contribution < 1.29 is 18.0 Å². The number of halogens is 3. The number of alkyl halides is 3. The van der Waals surface area contributed by atoms with Crippen LogP contribution < -0.4 is 16.9 Å². The average molecular weight is 572 g/mol. The monoisotopic (exact) mass is 571 g/mol. The van der Waals surface area contributed by atoms with E-state index in [9.17, 15) is 18.0 Å². The summed E-state index contributed by atoms with van der Waals surface area (Å²) in [6.07, 6.45) is 13.2. The molecule has 222 valence electrons. The molecule has 0 saturated heterocycles. The molecule has 0 spiro atoms. The van der Waals surface area contributed by atoms with E-state index in [2.05, 4.69) is 10.4 Å². The molecule has 2 aliphatic carbocycles. The van der Waals surface area contributed by atoms with Crippen molar-refractivity contribution in [2.75, 3.05) is 13.6 Å².